The summed E-state index contributed by atoms with van der Waals surface area (Å²) >= 11 is 0. The predicted molar refractivity (Wildman–Crippen MR) is 136 cm³/mol. The number of aliphatic hydroxyl groups excluding tert-OH is 1. The molecule has 4 aromatic rings. The van der Waals surface area contributed by atoms with Crippen molar-refractivity contribution in [2.75, 3.05) is 25.6 Å². The number of carboxylic acid groups (broad SMARTS) is 1. The average molecular weight is 541 g/mol. The number of H-pyrrole nitrogens is 2. The maximum Gasteiger partial charge on any atom is 0.349 e. The third-order valence-electron chi connectivity index (χ3n) is 5.64. The fourth-order valence-electron chi connectivity index (χ4n) is 3.79. The molecule has 14 nitrogen and oxygen atoms in total. The van der Waals surface area contributed by atoms with Crippen molar-refractivity contribution in [2.45, 2.75) is 12.5 Å². The minimum absolute atomic E-state index is 0.00830. The van der Waals surface area contributed by atoms with Crippen molar-refractivity contribution in [3.05, 3.63) is 81.4 Å². The van der Waals surface area contributed by atoms with Crippen LogP contribution in [0.25, 0.3) is 5.82 Å². The number of halogens is 1. The molecule has 0 fully saturated rings. The van der Waals surface area contributed by atoms with E-state index in [9.17, 15) is 19.1 Å². The Bertz CT molecular complexity index is 1540. The van der Waals surface area contributed by atoms with E-state index in [1.165, 1.54) is 13.2 Å². The molecule has 204 valence electrons. The summed E-state index contributed by atoms with van der Waals surface area (Å²) in [6.07, 6.45) is 1.30. The summed E-state index contributed by atoms with van der Waals surface area (Å²) in [6.45, 7) is -0.143. The van der Waals surface area contributed by atoms with Gasteiger partial charge in [-0.3, -0.25) is 15.5 Å². The Balaban J connectivity index is 1.85. The van der Waals surface area contributed by atoms with Crippen molar-refractivity contribution < 1.29 is 28.9 Å². The lowest BCUT2D eigenvalue weighted by Gasteiger charge is -2.22. The third kappa shape index (κ3) is 5.57. The van der Waals surface area contributed by atoms with Crippen LogP contribution in [0, 0.1) is 11.2 Å². The van der Waals surface area contributed by atoms with Crippen molar-refractivity contribution in [2.24, 2.45) is 5.73 Å². The van der Waals surface area contributed by atoms with E-state index < -0.39 is 23.5 Å². The first kappa shape index (κ1) is 26.9. The second-order valence-corrected chi connectivity index (χ2v) is 8.16. The molecule has 0 saturated carbocycles. The molecule has 0 aliphatic heterocycles. The zero-order valence-electron chi connectivity index (χ0n) is 20.6. The van der Waals surface area contributed by atoms with Gasteiger partial charge in [0.25, 0.3) is 0 Å². The lowest BCUT2D eigenvalue weighted by Crippen LogP contribution is -2.18. The lowest BCUT2D eigenvalue weighted by molar-refractivity contribution is 0.0696. The summed E-state index contributed by atoms with van der Waals surface area (Å²) < 4.78 is 26.6. The number of carboxylic acids is 1. The molecule has 39 heavy (non-hydrogen) atoms. The molecule has 0 saturated heterocycles. The number of anilines is 1. The summed E-state index contributed by atoms with van der Waals surface area (Å²) in [6, 6.07) is 8.11. The van der Waals surface area contributed by atoms with Crippen molar-refractivity contribution in [3.8, 4) is 17.3 Å². The van der Waals surface area contributed by atoms with E-state index >= 15 is 0 Å². The van der Waals surface area contributed by atoms with Gasteiger partial charge in [-0.25, -0.2) is 14.0 Å². The van der Waals surface area contributed by atoms with Crippen molar-refractivity contribution in [1.29, 1.82) is 5.41 Å². The average Bonchev–Trinajstić information content (AvgIpc) is 3.55. The van der Waals surface area contributed by atoms with E-state index in [2.05, 4.69) is 25.6 Å². The molecular formula is C24H25FN8O6. The highest BCUT2D eigenvalue weighted by Crippen LogP contribution is 2.40. The molecule has 0 amide bonds. The fourth-order valence-corrected chi connectivity index (χ4v) is 3.79. The first-order valence-electron chi connectivity index (χ1n) is 11.5. The first-order chi connectivity index (χ1) is 18.7. The molecule has 2 aromatic carbocycles. The number of nitrogen functional groups attached to an aromatic ring is 1. The minimum Gasteiger partial charge on any atom is -0.492 e. The van der Waals surface area contributed by atoms with E-state index in [4.69, 9.17) is 25.7 Å². The van der Waals surface area contributed by atoms with E-state index in [-0.39, 0.29) is 54.2 Å². The molecule has 0 bridgehead atoms. The summed E-state index contributed by atoms with van der Waals surface area (Å²) in [7, 11) is 1.32. The Labute approximate surface area is 219 Å². The first-order valence-corrected chi connectivity index (χ1v) is 11.5. The highest BCUT2D eigenvalue weighted by atomic mass is 19.1. The van der Waals surface area contributed by atoms with Gasteiger partial charge in [-0.05, 0) is 36.4 Å². The van der Waals surface area contributed by atoms with Crippen LogP contribution < -0.4 is 26.2 Å². The van der Waals surface area contributed by atoms with Crippen molar-refractivity contribution in [3.63, 3.8) is 0 Å². The van der Waals surface area contributed by atoms with E-state index in [1.54, 1.807) is 24.3 Å². The Morgan fingerprint density at radius 1 is 1.26 bits per heavy atom. The molecule has 15 heteroatoms. The number of rotatable bonds is 12. The van der Waals surface area contributed by atoms with Crippen LogP contribution in [0.5, 0.6) is 11.5 Å². The number of hydrogen-bond acceptors (Lipinski definition) is 9. The van der Waals surface area contributed by atoms with E-state index in [0.29, 0.717) is 16.8 Å². The molecule has 4 rings (SSSR count). The number of ether oxygens (including phenoxy) is 2. The molecule has 1 unspecified atom stereocenters. The van der Waals surface area contributed by atoms with Gasteiger partial charge < -0.3 is 30.7 Å². The Morgan fingerprint density at radius 2 is 2.00 bits per heavy atom. The zero-order chi connectivity index (χ0) is 28.1. The maximum atomic E-state index is 14.8. The quantitative estimate of drug-likeness (QED) is 0.0777. The summed E-state index contributed by atoms with van der Waals surface area (Å²) in [5.41, 5.74) is 5.81. The fraction of sp³-hybridized carbons (Fsp3) is 0.208. The molecule has 0 aliphatic carbocycles. The second-order valence-electron chi connectivity index (χ2n) is 8.16. The number of benzene rings is 2. The van der Waals surface area contributed by atoms with Crippen LogP contribution in [0.2, 0.25) is 0 Å². The maximum absolute atomic E-state index is 14.8. The van der Waals surface area contributed by atoms with E-state index in [0.717, 1.165) is 16.9 Å². The number of hydrogen-bond donors (Lipinski definition) is 7. The summed E-state index contributed by atoms with van der Waals surface area (Å²) in [4.78, 5) is 27.0. The summed E-state index contributed by atoms with van der Waals surface area (Å²) in [5, 5.41) is 39.7. The molecule has 0 radical (unpaired) electrons. The smallest absolute Gasteiger partial charge is 0.349 e. The summed E-state index contributed by atoms with van der Waals surface area (Å²) in [5.74, 6) is -2.49. The number of carbonyl (C=O) groups is 1. The number of aromatic amines is 2. The van der Waals surface area contributed by atoms with Crippen LogP contribution >= 0.6 is 0 Å². The number of methoxy groups -OCH3 is 1. The number of aromatic carboxylic acids is 1. The van der Waals surface area contributed by atoms with Crippen LogP contribution in [0.1, 0.15) is 39.8 Å². The molecule has 0 spiro atoms. The van der Waals surface area contributed by atoms with Crippen molar-refractivity contribution >= 4 is 17.5 Å². The van der Waals surface area contributed by atoms with Gasteiger partial charge in [-0.15, -0.1) is 5.10 Å². The number of nitrogens with two attached hydrogens (primary N) is 1. The molecule has 8 N–H and O–H groups in total. The molecule has 2 aromatic heterocycles. The van der Waals surface area contributed by atoms with E-state index in [1.807, 2.05) is 0 Å². The van der Waals surface area contributed by atoms with Crippen LogP contribution in [0.3, 0.4) is 0 Å². The normalized spacial score (nSPS) is 11.7. The number of amidine groups is 1. The van der Waals surface area contributed by atoms with Gasteiger partial charge >= 0.3 is 11.7 Å². The van der Waals surface area contributed by atoms with Crippen LogP contribution in [-0.2, 0) is 0 Å². The highest BCUT2D eigenvalue weighted by molar-refractivity contribution is 5.95. The molecule has 2 heterocycles. The highest BCUT2D eigenvalue weighted by Gasteiger charge is 2.28. The number of nitrogens with one attached hydrogen (secondary N) is 4. The predicted octanol–water partition coefficient (Wildman–Crippen LogP) is 1.38. The van der Waals surface area contributed by atoms with Gasteiger partial charge in [-0.2, -0.15) is 9.78 Å². The number of nitrogens with zero attached hydrogens (tertiary/aromatic N) is 3. The van der Waals surface area contributed by atoms with Gasteiger partial charge in [0.15, 0.2) is 29.0 Å². The van der Waals surface area contributed by atoms with Crippen LogP contribution in [-0.4, -0.2) is 67.3 Å². The SMILES string of the molecule is COc1c(C(Nc2ccc(C(=N)N)cc2)c2nn(-c3[nH]ncc3C(=O)O)c(=O)[nH]2)ccc(F)c1OCCCO. The van der Waals surface area contributed by atoms with Gasteiger partial charge in [-0.1, -0.05) is 0 Å². The van der Waals surface area contributed by atoms with Crippen LogP contribution in [0.4, 0.5) is 10.1 Å². The van der Waals surface area contributed by atoms with Gasteiger partial charge in [0.1, 0.15) is 17.4 Å². The molecular weight excluding hydrogens is 515 g/mol. The second kappa shape index (κ2) is 11.5. The standard InChI is InChI=1S/C24H25FN8O6/c1-38-18-14(7-8-16(25)19(18)39-10-2-9-34)17(29-13-5-3-12(4-6-13)20(26)27)21-30-24(37)33(32-21)22-15(23(35)36)11-28-31-22/h3-8,11,17,29,34H,2,9-10H2,1H3,(H3,26,27)(H,28,31)(H,35,36)(H,30,32,37). The van der Waals surface area contributed by atoms with Crippen molar-refractivity contribution in [1.82, 2.24) is 25.0 Å². The number of aromatic nitrogens is 5. The van der Waals surface area contributed by atoms with Gasteiger partial charge in [0.2, 0.25) is 0 Å². The zero-order valence-corrected chi connectivity index (χ0v) is 20.6. The topological polar surface area (TPSA) is 217 Å². The molecule has 1 atom stereocenters. The monoisotopic (exact) mass is 540 g/mol. The van der Waals surface area contributed by atoms with Crippen LogP contribution in [0.15, 0.2) is 47.4 Å². The number of aliphatic hydroxyl groups is 1. The largest absolute Gasteiger partial charge is 0.492 e. The van der Waals surface area contributed by atoms with Gasteiger partial charge in [0.05, 0.1) is 19.9 Å². The Kier molecular flexibility index (Phi) is 7.90. The Hall–Kier alpha value is -5.18. The Morgan fingerprint density at radius 3 is 2.64 bits per heavy atom. The lowest BCUT2D eigenvalue weighted by atomic mass is 10.0. The minimum atomic E-state index is -1.32. The third-order valence-corrected chi connectivity index (χ3v) is 5.64. The molecule has 0 aliphatic rings. The van der Waals surface area contributed by atoms with Gasteiger partial charge in [0, 0.05) is 29.8 Å².